The molecule has 0 radical (unpaired) electrons. The van der Waals surface area contributed by atoms with Gasteiger partial charge in [-0.15, -0.1) is 0 Å². The number of ether oxygens (including phenoxy) is 1. The molecule has 0 heterocycles. The average molecular weight is 659 g/mol. The standard InChI is InChI=1S/C34H25F11O/c1-2-17-3-5-18(6-4-17)19-7-9-23(25(35)11-19)20-12-27(37)31(28(38)13-20)21-14-29(39)32(30(40)15-21)34(44,45)46-22-8-10-24(26(36)16-22)33(41,42)43/h7-18H,2-6H2,1H3. The van der Waals surface area contributed by atoms with Crippen LogP contribution in [-0.4, -0.2) is 0 Å². The van der Waals surface area contributed by atoms with Gasteiger partial charge in [-0.25, -0.2) is 26.3 Å². The van der Waals surface area contributed by atoms with Crippen LogP contribution in [0.15, 0.2) is 60.7 Å². The van der Waals surface area contributed by atoms with Crippen molar-refractivity contribution in [2.24, 2.45) is 5.92 Å². The van der Waals surface area contributed by atoms with Crippen LogP contribution < -0.4 is 4.74 Å². The first-order valence-electron chi connectivity index (χ1n) is 14.3. The van der Waals surface area contributed by atoms with E-state index in [1.54, 1.807) is 6.07 Å². The lowest BCUT2D eigenvalue weighted by Crippen LogP contribution is -2.25. The molecule has 0 unspecified atom stereocenters. The lowest BCUT2D eigenvalue weighted by molar-refractivity contribution is -0.189. The summed E-state index contributed by atoms with van der Waals surface area (Å²) in [6, 6.07) is 6.66. The Morgan fingerprint density at radius 2 is 1.22 bits per heavy atom. The van der Waals surface area contributed by atoms with Crippen LogP contribution in [0.4, 0.5) is 48.3 Å². The smallest absolute Gasteiger partial charge is 0.429 e. The maximum Gasteiger partial charge on any atom is 0.432 e. The van der Waals surface area contributed by atoms with Crippen LogP contribution in [0.2, 0.25) is 0 Å². The highest BCUT2D eigenvalue weighted by atomic mass is 19.4. The number of halogens is 11. The van der Waals surface area contributed by atoms with Gasteiger partial charge in [-0.05, 0) is 96.7 Å². The van der Waals surface area contributed by atoms with E-state index in [0.717, 1.165) is 49.8 Å². The van der Waals surface area contributed by atoms with Gasteiger partial charge >= 0.3 is 12.3 Å². The molecule has 0 N–H and O–H groups in total. The zero-order valence-corrected chi connectivity index (χ0v) is 24.0. The predicted molar refractivity (Wildman–Crippen MR) is 148 cm³/mol. The molecular weight excluding hydrogens is 633 g/mol. The molecule has 1 saturated carbocycles. The molecule has 0 amide bonds. The molecule has 0 aromatic heterocycles. The second-order valence-electron chi connectivity index (χ2n) is 11.3. The third-order valence-electron chi connectivity index (χ3n) is 8.36. The molecular formula is C34H25F11O. The summed E-state index contributed by atoms with van der Waals surface area (Å²) in [4.78, 5) is 0. The van der Waals surface area contributed by atoms with Crippen molar-refractivity contribution in [2.75, 3.05) is 0 Å². The van der Waals surface area contributed by atoms with Crippen LogP contribution in [-0.2, 0) is 12.3 Å². The third kappa shape index (κ3) is 6.71. The quantitative estimate of drug-likeness (QED) is 0.180. The van der Waals surface area contributed by atoms with Gasteiger partial charge in [0.15, 0.2) is 0 Å². The van der Waals surface area contributed by atoms with E-state index in [0.29, 0.717) is 12.0 Å². The molecule has 0 bridgehead atoms. The van der Waals surface area contributed by atoms with Crippen LogP contribution in [0.25, 0.3) is 22.3 Å². The molecule has 0 saturated heterocycles. The van der Waals surface area contributed by atoms with Gasteiger partial charge in [-0.1, -0.05) is 25.5 Å². The summed E-state index contributed by atoms with van der Waals surface area (Å²) in [5, 5.41) is 0. The van der Waals surface area contributed by atoms with E-state index < -0.39 is 75.2 Å². The van der Waals surface area contributed by atoms with Gasteiger partial charge in [0.2, 0.25) is 0 Å². The molecule has 1 aliphatic carbocycles. The minimum Gasteiger partial charge on any atom is -0.429 e. The molecule has 0 aliphatic heterocycles. The number of benzene rings is 4. The second kappa shape index (κ2) is 12.6. The Morgan fingerprint density at radius 1 is 0.630 bits per heavy atom. The van der Waals surface area contributed by atoms with Crippen molar-refractivity contribution in [3.8, 4) is 28.0 Å². The van der Waals surface area contributed by atoms with Crippen molar-refractivity contribution >= 4 is 0 Å². The zero-order valence-electron chi connectivity index (χ0n) is 24.0. The summed E-state index contributed by atoms with van der Waals surface area (Å²) in [6.07, 6.45) is -5.12. The first-order chi connectivity index (χ1) is 21.6. The van der Waals surface area contributed by atoms with Crippen molar-refractivity contribution in [2.45, 2.75) is 57.2 Å². The van der Waals surface area contributed by atoms with E-state index in [-0.39, 0.29) is 41.3 Å². The van der Waals surface area contributed by atoms with Crippen molar-refractivity contribution < 1.29 is 53.0 Å². The van der Waals surface area contributed by atoms with Crippen LogP contribution in [0.5, 0.6) is 5.75 Å². The van der Waals surface area contributed by atoms with Gasteiger partial charge in [0.05, 0.1) is 11.1 Å². The normalized spacial score (nSPS) is 17.3. The molecule has 5 rings (SSSR count). The maximum atomic E-state index is 15.2. The Balaban J connectivity index is 1.41. The molecule has 4 aromatic carbocycles. The Morgan fingerprint density at radius 3 is 1.74 bits per heavy atom. The lowest BCUT2D eigenvalue weighted by Gasteiger charge is -2.28. The zero-order chi connectivity index (χ0) is 33.6. The minimum atomic E-state index is -5.14. The first-order valence-corrected chi connectivity index (χ1v) is 14.3. The van der Waals surface area contributed by atoms with Crippen molar-refractivity contribution in [3.63, 3.8) is 0 Å². The Bertz CT molecular complexity index is 1710. The molecule has 0 atom stereocenters. The van der Waals surface area contributed by atoms with Gasteiger partial charge in [0.1, 0.15) is 46.2 Å². The maximum absolute atomic E-state index is 15.2. The topological polar surface area (TPSA) is 9.23 Å². The van der Waals surface area contributed by atoms with Crippen molar-refractivity contribution in [1.29, 1.82) is 0 Å². The van der Waals surface area contributed by atoms with Crippen LogP contribution >= 0.6 is 0 Å². The molecule has 4 aromatic rings. The summed E-state index contributed by atoms with van der Waals surface area (Å²) >= 11 is 0. The SMILES string of the molecule is CCC1CCC(c2ccc(-c3cc(F)c(-c4cc(F)c(C(F)(F)Oc5ccc(C(F)(F)F)c(F)c5)c(F)c4)c(F)c3)c(F)c2)CC1. The molecule has 1 nitrogen and oxygen atoms in total. The number of alkyl halides is 5. The average Bonchev–Trinajstić information content (AvgIpc) is 2.95. The second-order valence-corrected chi connectivity index (χ2v) is 11.3. The summed E-state index contributed by atoms with van der Waals surface area (Å²) in [6.45, 7) is 2.12. The Hall–Kier alpha value is -4.09. The predicted octanol–water partition coefficient (Wildman–Crippen LogP) is 11.7. The van der Waals surface area contributed by atoms with Gasteiger partial charge in [-0.3, -0.25) is 0 Å². The van der Waals surface area contributed by atoms with E-state index in [2.05, 4.69) is 11.7 Å². The van der Waals surface area contributed by atoms with E-state index in [9.17, 15) is 35.1 Å². The van der Waals surface area contributed by atoms with Gasteiger partial charge in [-0.2, -0.15) is 22.0 Å². The van der Waals surface area contributed by atoms with E-state index in [1.165, 1.54) is 12.1 Å². The molecule has 1 aliphatic rings. The minimum absolute atomic E-state index is 0.0405. The first kappa shape index (κ1) is 33.3. The molecule has 0 spiro atoms. The summed E-state index contributed by atoms with van der Waals surface area (Å²) in [7, 11) is 0. The monoisotopic (exact) mass is 658 g/mol. The fraction of sp³-hybridized carbons (Fsp3) is 0.294. The lowest BCUT2D eigenvalue weighted by atomic mass is 9.77. The summed E-state index contributed by atoms with van der Waals surface area (Å²) in [5.41, 5.74) is -5.22. The summed E-state index contributed by atoms with van der Waals surface area (Å²) in [5.74, 6) is -9.88. The van der Waals surface area contributed by atoms with E-state index >= 15 is 13.2 Å². The van der Waals surface area contributed by atoms with Crippen LogP contribution in [0, 0.1) is 40.8 Å². The Labute approximate surface area is 256 Å². The number of hydrogen-bond acceptors (Lipinski definition) is 1. The highest BCUT2D eigenvalue weighted by molar-refractivity contribution is 5.72. The molecule has 12 heteroatoms. The van der Waals surface area contributed by atoms with Crippen molar-refractivity contribution in [1.82, 2.24) is 0 Å². The Kier molecular flexibility index (Phi) is 9.12. The van der Waals surface area contributed by atoms with E-state index in [4.69, 9.17) is 0 Å². The fourth-order valence-corrected chi connectivity index (χ4v) is 5.91. The summed E-state index contributed by atoms with van der Waals surface area (Å²) < 4.78 is 161. The third-order valence-corrected chi connectivity index (χ3v) is 8.36. The molecule has 1 fully saturated rings. The van der Waals surface area contributed by atoms with Crippen molar-refractivity contribution in [3.05, 3.63) is 112 Å². The van der Waals surface area contributed by atoms with E-state index in [1.807, 2.05) is 0 Å². The highest BCUT2D eigenvalue weighted by Crippen LogP contribution is 2.41. The molecule has 244 valence electrons. The van der Waals surface area contributed by atoms with Gasteiger partial charge < -0.3 is 4.74 Å². The largest absolute Gasteiger partial charge is 0.432 e. The fourth-order valence-electron chi connectivity index (χ4n) is 5.91. The van der Waals surface area contributed by atoms with Gasteiger partial charge in [0.25, 0.3) is 0 Å². The molecule has 46 heavy (non-hydrogen) atoms. The number of rotatable bonds is 7. The van der Waals surface area contributed by atoms with Gasteiger partial charge in [0, 0.05) is 11.6 Å². The van der Waals surface area contributed by atoms with Crippen LogP contribution in [0.3, 0.4) is 0 Å². The highest BCUT2D eigenvalue weighted by Gasteiger charge is 2.42. The number of hydrogen-bond donors (Lipinski definition) is 0. The van der Waals surface area contributed by atoms with Crippen LogP contribution in [0.1, 0.15) is 61.6 Å².